The van der Waals surface area contributed by atoms with Crippen molar-refractivity contribution in [2.75, 3.05) is 18.6 Å². The highest BCUT2D eigenvalue weighted by Crippen LogP contribution is 2.35. The minimum absolute atomic E-state index is 0.279. The van der Waals surface area contributed by atoms with E-state index in [4.69, 9.17) is 16.6 Å². The third-order valence-electron chi connectivity index (χ3n) is 6.36. The first-order valence-corrected chi connectivity index (χ1v) is 14.8. The molecule has 34 heavy (non-hydrogen) atoms. The summed E-state index contributed by atoms with van der Waals surface area (Å²) in [5.74, 6) is 1.91. The van der Waals surface area contributed by atoms with E-state index in [1.165, 1.54) is 0 Å². The van der Waals surface area contributed by atoms with Gasteiger partial charge in [0.15, 0.2) is 0 Å². The fourth-order valence-electron chi connectivity index (χ4n) is 4.56. The molecule has 1 fully saturated rings. The fourth-order valence-corrected chi connectivity index (χ4v) is 6.64. The van der Waals surface area contributed by atoms with Gasteiger partial charge in [-0.25, -0.2) is 0 Å². The van der Waals surface area contributed by atoms with Crippen molar-refractivity contribution in [2.45, 2.75) is 69.9 Å². The first kappa shape index (κ1) is 27.2. The molecule has 1 aliphatic heterocycles. The van der Waals surface area contributed by atoms with Gasteiger partial charge in [0.25, 0.3) is 0 Å². The van der Waals surface area contributed by atoms with Gasteiger partial charge in [-0.2, -0.15) is 0 Å². The number of hydrogen-bond donors (Lipinski definition) is 3. The van der Waals surface area contributed by atoms with Gasteiger partial charge in [-0.15, -0.1) is 11.8 Å². The second-order valence-corrected chi connectivity index (χ2v) is 12.4. The van der Waals surface area contributed by atoms with Crippen molar-refractivity contribution < 1.29 is 14.1 Å². The molecule has 1 aromatic rings. The third kappa shape index (κ3) is 7.57. The Bertz CT molecular complexity index is 972. The molecule has 0 spiro atoms. The molecule has 2 unspecified atom stereocenters. The quantitative estimate of drug-likeness (QED) is 0.413. The van der Waals surface area contributed by atoms with E-state index in [0.717, 1.165) is 60.0 Å². The number of allylic oxidation sites excluding steroid dienone is 1. The van der Waals surface area contributed by atoms with E-state index in [9.17, 15) is 14.1 Å². The first-order valence-electron chi connectivity index (χ1n) is 11.9. The maximum Gasteiger partial charge on any atom is 0.320 e. The minimum atomic E-state index is -1.13. The van der Waals surface area contributed by atoms with Crippen LogP contribution in [-0.2, 0) is 15.6 Å². The summed E-state index contributed by atoms with van der Waals surface area (Å²) in [5.41, 5.74) is 2.06. The number of carboxylic acids is 1. The zero-order valence-electron chi connectivity index (χ0n) is 20.4. The lowest BCUT2D eigenvalue weighted by Gasteiger charge is -2.31. The highest BCUT2D eigenvalue weighted by Gasteiger charge is 2.27. The van der Waals surface area contributed by atoms with E-state index in [-0.39, 0.29) is 6.04 Å². The van der Waals surface area contributed by atoms with E-state index < -0.39 is 22.8 Å². The number of nitrogens with zero attached hydrogens (tertiary/aromatic N) is 1. The average molecular weight is 526 g/mol. The molecule has 0 aromatic heterocycles. The van der Waals surface area contributed by atoms with Gasteiger partial charge in [0.05, 0.1) is 26.5 Å². The van der Waals surface area contributed by atoms with Crippen molar-refractivity contribution in [3.05, 3.63) is 34.5 Å². The van der Waals surface area contributed by atoms with Gasteiger partial charge in [0, 0.05) is 29.4 Å². The summed E-state index contributed by atoms with van der Waals surface area (Å²) in [6.07, 6.45) is 6.44. The van der Waals surface area contributed by atoms with Crippen LogP contribution >= 0.6 is 23.4 Å². The van der Waals surface area contributed by atoms with Crippen molar-refractivity contribution in [3.63, 3.8) is 0 Å². The highest BCUT2D eigenvalue weighted by molar-refractivity contribution is 8.09. The van der Waals surface area contributed by atoms with Crippen molar-refractivity contribution in [3.8, 4) is 0 Å². The van der Waals surface area contributed by atoms with E-state index in [2.05, 4.69) is 24.5 Å². The zero-order chi connectivity index (χ0) is 24.8. The van der Waals surface area contributed by atoms with Gasteiger partial charge in [-0.1, -0.05) is 31.5 Å². The van der Waals surface area contributed by atoms with Crippen LogP contribution in [0.25, 0.3) is 4.91 Å². The van der Waals surface area contributed by atoms with E-state index in [1.807, 2.05) is 25.1 Å². The molecular weight excluding hydrogens is 490 g/mol. The average Bonchev–Trinajstić information content (AvgIpc) is 2.78. The van der Waals surface area contributed by atoms with E-state index in [0.29, 0.717) is 28.2 Å². The predicted molar refractivity (Wildman–Crippen MR) is 144 cm³/mol. The van der Waals surface area contributed by atoms with Crippen LogP contribution in [0.5, 0.6) is 0 Å². The molecular formula is C25H36ClN3O3S2. The SMILES string of the molecule is CC1=C(c2ccc(Cl)c(S(C)=O)c2)SCC(=NCC2CCC(NC(CC(C)C)C(=O)O)CC2)N1. The number of halogens is 1. The lowest BCUT2D eigenvalue weighted by atomic mass is 9.85. The number of thioether (sulfide) groups is 1. The summed E-state index contributed by atoms with van der Waals surface area (Å²) in [7, 11) is -1.13. The van der Waals surface area contributed by atoms with Gasteiger partial charge in [-0.05, 0) is 68.6 Å². The maximum atomic E-state index is 12.0. The zero-order valence-corrected chi connectivity index (χ0v) is 22.8. The normalized spacial score (nSPS) is 24.2. The molecule has 3 rings (SSSR count). The number of hydrogen-bond acceptors (Lipinski definition) is 5. The van der Waals surface area contributed by atoms with Crippen LogP contribution in [0.2, 0.25) is 5.02 Å². The van der Waals surface area contributed by atoms with Crippen LogP contribution in [0.1, 0.15) is 58.4 Å². The number of carbonyl (C=O) groups is 1. The Balaban J connectivity index is 1.53. The maximum absolute atomic E-state index is 12.0. The Hall–Kier alpha value is -1.35. The molecule has 2 aliphatic rings. The summed E-state index contributed by atoms with van der Waals surface area (Å²) in [4.78, 5) is 18.2. The molecule has 1 aromatic carbocycles. The number of nitrogens with one attached hydrogen (secondary N) is 2. The number of rotatable bonds is 9. The third-order valence-corrected chi connectivity index (χ3v) is 9.01. The molecule has 0 bridgehead atoms. The molecule has 6 nitrogen and oxygen atoms in total. The summed E-state index contributed by atoms with van der Waals surface area (Å²) < 4.78 is 12.0. The molecule has 0 saturated heterocycles. The van der Waals surface area contributed by atoms with Crippen molar-refractivity contribution in [1.82, 2.24) is 10.6 Å². The molecule has 1 heterocycles. The summed E-state index contributed by atoms with van der Waals surface area (Å²) in [6.45, 7) is 6.96. The number of carboxylic acid groups (broad SMARTS) is 1. The standard InChI is InChI=1S/C25H36ClN3O3S2/c1-15(2)11-21(25(30)31)29-19-8-5-17(6-9-19)13-27-23-14-33-24(16(3)28-23)18-7-10-20(26)22(12-18)34(4)32/h7,10,12,15,17,19,21,29H,5-6,8-9,11,13-14H2,1-4H3,(H,27,28)(H,30,31). The van der Waals surface area contributed by atoms with Gasteiger partial charge < -0.3 is 15.7 Å². The Kier molecular flexibility index (Phi) is 10.1. The Morgan fingerprint density at radius 1 is 1.32 bits per heavy atom. The molecule has 1 saturated carbocycles. The van der Waals surface area contributed by atoms with Gasteiger partial charge in [0.2, 0.25) is 0 Å². The molecule has 3 N–H and O–H groups in total. The van der Waals surface area contributed by atoms with Crippen LogP contribution in [0.15, 0.2) is 33.8 Å². The first-order chi connectivity index (χ1) is 16.1. The van der Waals surface area contributed by atoms with Crippen LogP contribution in [0.4, 0.5) is 0 Å². The molecule has 0 amide bonds. The molecule has 2 atom stereocenters. The van der Waals surface area contributed by atoms with Gasteiger partial charge in [0.1, 0.15) is 11.9 Å². The largest absolute Gasteiger partial charge is 0.480 e. The van der Waals surface area contributed by atoms with Crippen LogP contribution < -0.4 is 10.6 Å². The Labute approximate surface area is 214 Å². The second kappa shape index (κ2) is 12.6. The van der Waals surface area contributed by atoms with Gasteiger partial charge in [-0.3, -0.25) is 14.0 Å². The smallest absolute Gasteiger partial charge is 0.320 e. The lowest BCUT2D eigenvalue weighted by molar-refractivity contribution is -0.140. The minimum Gasteiger partial charge on any atom is -0.480 e. The predicted octanol–water partition coefficient (Wildman–Crippen LogP) is 5.15. The van der Waals surface area contributed by atoms with E-state index >= 15 is 0 Å². The van der Waals surface area contributed by atoms with Crippen molar-refractivity contribution >= 4 is 50.9 Å². The fraction of sp³-hybridized carbons (Fsp3) is 0.600. The summed E-state index contributed by atoms with van der Waals surface area (Å²) >= 11 is 7.93. The number of benzene rings is 1. The second-order valence-electron chi connectivity index (χ2n) is 9.66. The van der Waals surface area contributed by atoms with Crippen LogP contribution in [0, 0.1) is 11.8 Å². The summed E-state index contributed by atoms with van der Waals surface area (Å²) in [5, 5.41) is 16.8. The summed E-state index contributed by atoms with van der Waals surface area (Å²) in [6, 6.07) is 5.52. The number of aliphatic carboxylic acids is 1. The van der Waals surface area contributed by atoms with Crippen molar-refractivity contribution in [2.24, 2.45) is 16.8 Å². The van der Waals surface area contributed by atoms with Crippen LogP contribution in [0.3, 0.4) is 0 Å². The molecule has 0 radical (unpaired) electrons. The topological polar surface area (TPSA) is 90.8 Å². The number of aliphatic imine (C=N–C) groups is 1. The molecule has 188 valence electrons. The highest BCUT2D eigenvalue weighted by atomic mass is 35.5. The lowest BCUT2D eigenvalue weighted by Crippen LogP contribution is -2.45. The van der Waals surface area contributed by atoms with Crippen molar-refractivity contribution in [1.29, 1.82) is 0 Å². The van der Waals surface area contributed by atoms with Gasteiger partial charge >= 0.3 is 5.97 Å². The monoisotopic (exact) mass is 525 g/mol. The van der Waals surface area contributed by atoms with Crippen LogP contribution in [-0.4, -0.2) is 51.8 Å². The Morgan fingerprint density at radius 2 is 2.03 bits per heavy atom. The molecule has 9 heteroatoms. The number of amidine groups is 1. The van der Waals surface area contributed by atoms with E-state index in [1.54, 1.807) is 18.0 Å². The molecule has 1 aliphatic carbocycles. The Morgan fingerprint density at radius 3 is 2.62 bits per heavy atom.